The minimum Gasteiger partial charge on any atom is -0.306 e. The van der Waals surface area contributed by atoms with Crippen LogP contribution in [0.1, 0.15) is 46.2 Å². The average Bonchev–Trinajstić information content (AvgIpc) is 3.85. The molecule has 0 unspecified atom stereocenters. The molecule has 4 aromatic rings. The Morgan fingerprint density at radius 1 is 0.483 bits per heavy atom. The number of alkyl halides is 12. The molecule has 2 aliphatic rings. The summed E-state index contributed by atoms with van der Waals surface area (Å²) in [4.78, 5) is 1.95. The van der Waals surface area contributed by atoms with Crippen LogP contribution >= 0.6 is 7.92 Å². The molecule has 4 aromatic carbocycles. The topological polar surface area (TPSA) is 3.24 Å². The van der Waals surface area contributed by atoms with Gasteiger partial charge in [0.05, 0.1) is 22.3 Å². The van der Waals surface area contributed by atoms with Crippen molar-refractivity contribution in [2.24, 2.45) is 0 Å². The SMILES string of the molecule is C[C@H]([C]1[CH][CH][CH][C]1P(c1cccc(C(F)(F)F)c1)c1cccc(C(F)(F)F)c1)N(C)C.FC(F)(F)c1cccc(C([C]2[CH][CH][CH][CH]2)c2cccc(C(F)(F)F)c2)c1.[Fe]. The molecule has 2 fully saturated rings. The van der Waals surface area contributed by atoms with Gasteiger partial charge in [0.1, 0.15) is 0 Å². The van der Waals surface area contributed by atoms with Gasteiger partial charge >= 0.3 is 24.7 Å². The maximum Gasteiger partial charge on any atom is 0.416 e. The largest absolute Gasteiger partial charge is 0.416 e. The van der Waals surface area contributed by atoms with Gasteiger partial charge in [-0.15, -0.1) is 0 Å². The molecule has 1 nitrogen and oxygen atoms in total. The molecule has 308 valence electrons. The molecule has 58 heavy (non-hydrogen) atoms. The Hall–Kier alpha value is -3.05. The van der Waals surface area contributed by atoms with Crippen LogP contribution < -0.4 is 10.6 Å². The number of rotatable bonds is 8. The van der Waals surface area contributed by atoms with E-state index < -0.39 is 60.8 Å². The molecule has 0 aromatic heterocycles. The van der Waals surface area contributed by atoms with Crippen molar-refractivity contribution in [3.05, 3.63) is 193 Å². The summed E-state index contributed by atoms with van der Waals surface area (Å²) in [5.74, 6) is 0.782. The molecule has 0 spiro atoms. The third kappa shape index (κ3) is 11.8. The molecule has 2 aliphatic carbocycles. The van der Waals surface area contributed by atoms with Crippen molar-refractivity contribution in [1.29, 1.82) is 0 Å². The van der Waals surface area contributed by atoms with Crippen LogP contribution in [0.4, 0.5) is 52.7 Å². The van der Waals surface area contributed by atoms with E-state index in [1.54, 1.807) is 50.7 Å². The Kier molecular flexibility index (Phi) is 15.7. The van der Waals surface area contributed by atoms with Crippen LogP contribution in [-0.4, -0.2) is 25.0 Å². The first-order valence-electron chi connectivity index (χ1n) is 17.2. The Morgan fingerprint density at radius 2 is 0.862 bits per heavy atom. The van der Waals surface area contributed by atoms with E-state index in [0.29, 0.717) is 16.5 Å². The fourth-order valence-electron chi connectivity index (χ4n) is 6.28. The van der Waals surface area contributed by atoms with Gasteiger partial charge in [-0.05, 0) is 138 Å². The maximum atomic E-state index is 13.4. The average molecular weight is 880 g/mol. The number of halogens is 12. The predicted molar refractivity (Wildman–Crippen MR) is 197 cm³/mol. The molecule has 0 aliphatic heterocycles. The molecule has 0 saturated heterocycles. The molecule has 0 bridgehead atoms. The Morgan fingerprint density at radius 3 is 1.24 bits per heavy atom. The van der Waals surface area contributed by atoms with Crippen molar-refractivity contribution >= 4 is 18.5 Å². The molecule has 0 amide bonds. The van der Waals surface area contributed by atoms with E-state index in [0.717, 1.165) is 60.1 Å². The summed E-state index contributed by atoms with van der Waals surface area (Å²) in [6.07, 6.45) is -5.92. The Labute approximate surface area is 342 Å². The third-order valence-corrected chi connectivity index (χ3v) is 11.7. The van der Waals surface area contributed by atoms with Gasteiger partial charge in [-0.25, -0.2) is 0 Å². The molecular formula is C43H34F12FeNP. The zero-order chi connectivity index (χ0) is 41.9. The molecule has 2 saturated carbocycles. The summed E-state index contributed by atoms with van der Waals surface area (Å²) in [7, 11) is 2.11. The van der Waals surface area contributed by atoms with Crippen molar-refractivity contribution < 1.29 is 69.8 Å². The maximum absolute atomic E-state index is 13.4. The second-order valence-corrected chi connectivity index (χ2v) is 15.5. The Bertz CT molecular complexity index is 1820. The minimum absolute atomic E-state index is 0. The summed E-state index contributed by atoms with van der Waals surface area (Å²) in [6, 6.07) is 19.1. The third-order valence-electron chi connectivity index (χ3n) is 9.27. The summed E-state index contributed by atoms with van der Waals surface area (Å²) in [6.45, 7) is 1.95. The zero-order valence-corrected chi connectivity index (χ0v) is 32.7. The van der Waals surface area contributed by atoms with Crippen molar-refractivity contribution in [3.8, 4) is 0 Å². The van der Waals surface area contributed by atoms with Crippen molar-refractivity contribution in [2.45, 2.75) is 43.6 Å². The van der Waals surface area contributed by atoms with Crippen LogP contribution in [0.25, 0.3) is 0 Å². The van der Waals surface area contributed by atoms with Gasteiger partial charge in [-0.2, -0.15) is 52.7 Å². The number of nitrogens with zero attached hydrogens (tertiary/aromatic N) is 1. The summed E-state index contributed by atoms with van der Waals surface area (Å²) in [5, 5.41) is 0.699. The molecule has 10 radical (unpaired) electrons. The van der Waals surface area contributed by atoms with Crippen LogP contribution in [0, 0.1) is 62.4 Å². The smallest absolute Gasteiger partial charge is 0.306 e. The standard InChI is InChI=1S/C23H21F6NP.C20H13F6.Fe/c1-15(30(2)3)20-11-6-12-21(20)31(18-9-4-7-16(13-18)22(24,25)26)19-10-5-8-17(14-19)23(27,28)29;21-19(22,23)16-9-3-7-14(11-16)18(13-5-1-2-6-13)15-8-4-10-17(12-15)20(24,25)26;/h4-15H,1-3H3;1-12,18H;/t15-;;/m1../s1. The van der Waals surface area contributed by atoms with Crippen LogP contribution in [0.2, 0.25) is 0 Å². The first-order chi connectivity index (χ1) is 26.6. The Balaban J connectivity index is 0.000000256. The van der Waals surface area contributed by atoms with Gasteiger partial charge < -0.3 is 4.90 Å². The van der Waals surface area contributed by atoms with Crippen LogP contribution in [0.15, 0.2) is 97.1 Å². The first-order valence-corrected chi connectivity index (χ1v) is 18.5. The molecule has 6 rings (SSSR count). The van der Waals surface area contributed by atoms with E-state index in [2.05, 4.69) is 0 Å². The van der Waals surface area contributed by atoms with Crippen LogP contribution in [-0.2, 0) is 41.8 Å². The monoisotopic (exact) mass is 879 g/mol. The van der Waals surface area contributed by atoms with Gasteiger partial charge in [-0.3, -0.25) is 0 Å². The molecular weight excluding hydrogens is 845 g/mol. The fourth-order valence-corrected chi connectivity index (χ4v) is 8.89. The number of benzene rings is 4. The van der Waals surface area contributed by atoms with E-state index in [4.69, 9.17) is 0 Å². The van der Waals surface area contributed by atoms with Gasteiger partial charge in [0.15, 0.2) is 0 Å². The molecule has 1 atom stereocenters. The van der Waals surface area contributed by atoms with Crippen LogP contribution in [0.5, 0.6) is 0 Å². The molecule has 15 heteroatoms. The van der Waals surface area contributed by atoms with Gasteiger partial charge in [0, 0.05) is 40.6 Å². The van der Waals surface area contributed by atoms with Crippen molar-refractivity contribution in [3.63, 3.8) is 0 Å². The first kappa shape index (κ1) is 47.6. The zero-order valence-electron chi connectivity index (χ0n) is 30.7. The number of hydrogen-bond donors (Lipinski definition) is 0. The minimum atomic E-state index is -4.55. The summed E-state index contributed by atoms with van der Waals surface area (Å²) >= 11 is 0. The van der Waals surface area contributed by atoms with E-state index in [9.17, 15) is 52.7 Å². The van der Waals surface area contributed by atoms with E-state index >= 15 is 0 Å². The number of hydrogen-bond acceptors (Lipinski definition) is 1. The summed E-state index contributed by atoms with van der Waals surface area (Å²) in [5.41, 5.74) is -2.00. The van der Waals surface area contributed by atoms with Crippen LogP contribution in [0.3, 0.4) is 0 Å². The summed E-state index contributed by atoms with van der Waals surface area (Å²) < 4.78 is 158. The normalized spacial score (nSPS) is 16.8. The van der Waals surface area contributed by atoms with Gasteiger partial charge in [0.25, 0.3) is 0 Å². The van der Waals surface area contributed by atoms with E-state index in [1.165, 1.54) is 36.4 Å². The quantitative estimate of drug-likeness (QED) is 0.0968. The van der Waals surface area contributed by atoms with Gasteiger partial charge in [-0.1, -0.05) is 60.7 Å². The van der Waals surface area contributed by atoms with E-state index in [-0.39, 0.29) is 34.2 Å². The fraction of sp³-hybridized carbons (Fsp3) is 0.209. The van der Waals surface area contributed by atoms with Gasteiger partial charge in [0.2, 0.25) is 0 Å². The van der Waals surface area contributed by atoms with Crippen molar-refractivity contribution in [2.75, 3.05) is 14.1 Å². The predicted octanol–water partition coefficient (Wildman–Crippen LogP) is 12.1. The second kappa shape index (κ2) is 19.1. The van der Waals surface area contributed by atoms with E-state index in [1.807, 2.05) is 32.3 Å². The van der Waals surface area contributed by atoms with Crippen molar-refractivity contribution in [1.82, 2.24) is 4.90 Å². The second-order valence-electron chi connectivity index (χ2n) is 13.3. The molecule has 0 heterocycles. The molecule has 0 N–H and O–H groups in total.